The molecule has 0 aromatic rings. The van der Waals surface area contributed by atoms with Crippen molar-refractivity contribution in [3.05, 3.63) is 23.4 Å². The fraction of sp³-hybridized carbons (Fsp3) is 0.333. The zero-order valence-electron chi connectivity index (χ0n) is 5.15. The second-order valence-electron chi connectivity index (χ2n) is 2.12. The first kappa shape index (κ1) is 6.95. The molecule has 1 atom stereocenters. The first-order valence-corrected chi connectivity index (χ1v) is 2.81. The van der Waals surface area contributed by atoms with Crippen molar-refractivity contribution in [2.75, 3.05) is 0 Å². The molecule has 0 saturated carbocycles. The molecule has 10 heavy (non-hydrogen) atoms. The van der Waals surface area contributed by atoms with E-state index < -0.39 is 17.6 Å². The zero-order valence-corrected chi connectivity index (χ0v) is 5.15. The first-order valence-electron chi connectivity index (χ1n) is 2.81. The molecule has 56 valence electrons. The number of hydrogen-bond donors (Lipinski definition) is 4. The molecule has 0 saturated heterocycles. The molecule has 4 nitrogen and oxygen atoms in total. The molecular formula is C6H8O4. The minimum Gasteiger partial charge on any atom is -0.508 e. The molecule has 4 heteroatoms. The number of aliphatic hydroxyl groups excluding tert-OH is 4. The third kappa shape index (κ3) is 1.06. The fourth-order valence-electron chi connectivity index (χ4n) is 0.763. The summed E-state index contributed by atoms with van der Waals surface area (Å²) in [6, 6.07) is 0. The van der Waals surface area contributed by atoms with Crippen LogP contribution >= 0.6 is 0 Å². The average molecular weight is 144 g/mol. The van der Waals surface area contributed by atoms with Gasteiger partial charge in [-0.3, -0.25) is 0 Å². The molecule has 1 rings (SSSR count). The number of hydrogen-bond acceptors (Lipinski definition) is 4. The van der Waals surface area contributed by atoms with Crippen LogP contribution < -0.4 is 0 Å². The highest BCUT2D eigenvalue weighted by Gasteiger charge is 2.18. The molecule has 4 N–H and O–H groups in total. The second-order valence-corrected chi connectivity index (χ2v) is 2.12. The van der Waals surface area contributed by atoms with Gasteiger partial charge in [0, 0.05) is 6.42 Å². The van der Waals surface area contributed by atoms with E-state index in [1.807, 2.05) is 0 Å². The molecule has 0 spiro atoms. The van der Waals surface area contributed by atoms with Gasteiger partial charge in [0.1, 0.15) is 5.76 Å². The summed E-state index contributed by atoms with van der Waals surface area (Å²) >= 11 is 0. The quantitative estimate of drug-likeness (QED) is 0.399. The van der Waals surface area contributed by atoms with E-state index in [0.29, 0.717) is 0 Å². The Labute approximate surface area is 57.4 Å². The Morgan fingerprint density at radius 2 is 1.90 bits per heavy atom. The lowest BCUT2D eigenvalue weighted by atomic mass is 10.1. The van der Waals surface area contributed by atoms with Gasteiger partial charge in [0.05, 0.1) is 6.10 Å². The van der Waals surface area contributed by atoms with Crippen LogP contribution in [0, 0.1) is 0 Å². The van der Waals surface area contributed by atoms with Gasteiger partial charge in [-0.1, -0.05) is 0 Å². The Kier molecular flexibility index (Phi) is 1.55. The summed E-state index contributed by atoms with van der Waals surface area (Å²) < 4.78 is 0. The molecule has 0 aromatic heterocycles. The van der Waals surface area contributed by atoms with Crippen LogP contribution in [0.15, 0.2) is 23.4 Å². The summed E-state index contributed by atoms with van der Waals surface area (Å²) in [4.78, 5) is 0. The van der Waals surface area contributed by atoms with E-state index in [-0.39, 0.29) is 12.2 Å². The van der Waals surface area contributed by atoms with Crippen LogP contribution in [0.5, 0.6) is 0 Å². The van der Waals surface area contributed by atoms with Crippen molar-refractivity contribution in [1.29, 1.82) is 0 Å². The van der Waals surface area contributed by atoms with Crippen molar-refractivity contribution < 1.29 is 20.4 Å². The van der Waals surface area contributed by atoms with Crippen LogP contribution in [0.1, 0.15) is 6.42 Å². The monoisotopic (exact) mass is 144 g/mol. The molecule has 0 amide bonds. The highest BCUT2D eigenvalue weighted by Crippen LogP contribution is 2.19. The topological polar surface area (TPSA) is 80.9 Å². The number of aliphatic hydroxyl groups is 4. The van der Waals surface area contributed by atoms with Crippen molar-refractivity contribution in [3.8, 4) is 0 Å². The molecule has 0 heterocycles. The van der Waals surface area contributed by atoms with Crippen molar-refractivity contribution in [1.82, 2.24) is 0 Å². The van der Waals surface area contributed by atoms with Crippen molar-refractivity contribution in [2.45, 2.75) is 12.5 Å². The van der Waals surface area contributed by atoms with E-state index >= 15 is 0 Å². The lowest BCUT2D eigenvalue weighted by Gasteiger charge is -2.12. The van der Waals surface area contributed by atoms with Crippen molar-refractivity contribution in [2.24, 2.45) is 0 Å². The first-order chi connectivity index (χ1) is 4.61. The Bertz CT molecular complexity index is 204. The Balaban J connectivity index is 2.90. The minimum absolute atomic E-state index is 0.0457. The van der Waals surface area contributed by atoms with Gasteiger partial charge in [-0.15, -0.1) is 0 Å². The maximum absolute atomic E-state index is 8.83. The maximum Gasteiger partial charge on any atom is 0.195 e. The molecule has 1 unspecified atom stereocenters. The van der Waals surface area contributed by atoms with Gasteiger partial charge >= 0.3 is 0 Å². The zero-order chi connectivity index (χ0) is 7.72. The van der Waals surface area contributed by atoms with Gasteiger partial charge in [0.15, 0.2) is 11.5 Å². The van der Waals surface area contributed by atoms with E-state index in [4.69, 9.17) is 20.4 Å². The van der Waals surface area contributed by atoms with Gasteiger partial charge in [0.2, 0.25) is 0 Å². The van der Waals surface area contributed by atoms with Crippen molar-refractivity contribution in [3.63, 3.8) is 0 Å². The Hall–Kier alpha value is -1.16. The summed E-state index contributed by atoms with van der Waals surface area (Å²) in [5, 5.41) is 35.1. The van der Waals surface area contributed by atoms with E-state index in [1.165, 1.54) is 0 Å². The second kappa shape index (κ2) is 2.22. The van der Waals surface area contributed by atoms with Gasteiger partial charge in [-0.05, 0) is 6.08 Å². The molecule has 0 radical (unpaired) electrons. The molecular weight excluding hydrogens is 136 g/mol. The average Bonchev–Trinajstić information content (AvgIpc) is 1.82. The van der Waals surface area contributed by atoms with E-state index in [2.05, 4.69) is 0 Å². The fourth-order valence-corrected chi connectivity index (χ4v) is 0.763. The molecule has 1 aliphatic rings. The van der Waals surface area contributed by atoms with E-state index in [1.54, 1.807) is 0 Å². The summed E-state index contributed by atoms with van der Waals surface area (Å²) in [6.07, 6.45) is 0.112. The maximum atomic E-state index is 8.83. The van der Waals surface area contributed by atoms with Gasteiger partial charge in [-0.2, -0.15) is 0 Å². The molecule has 0 aromatic carbocycles. The van der Waals surface area contributed by atoms with E-state index in [9.17, 15) is 0 Å². The molecule has 0 fully saturated rings. The van der Waals surface area contributed by atoms with Crippen LogP contribution in [-0.4, -0.2) is 26.5 Å². The highest BCUT2D eigenvalue weighted by atomic mass is 16.3. The summed E-state index contributed by atoms with van der Waals surface area (Å²) in [5.41, 5.74) is 0. The van der Waals surface area contributed by atoms with Crippen LogP contribution in [0.3, 0.4) is 0 Å². The predicted molar refractivity (Wildman–Crippen MR) is 33.6 cm³/mol. The molecule has 1 aliphatic carbocycles. The highest BCUT2D eigenvalue weighted by molar-refractivity contribution is 5.26. The van der Waals surface area contributed by atoms with Crippen LogP contribution in [0.25, 0.3) is 0 Å². The summed E-state index contributed by atoms with van der Waals surface area (Å²) in [7, 11) is 0. The van der Waals surface area contributed by atoms with Gasteiger partial charge < -0.3 is 20.4 Å². The standard InChI is InChI=1S/C6H8O4/c7-3-1-4(8)6(10)5(9)2-3/h1,3,7-10H,2H2. The molecule has 0 aliphatic heterocycles. The third-order valence-corrected chi connectivity index (χ3v) is 1.27. The lowest BCUT2D eigenvalue weighted by Crippen LogP contribution is -2.12. The molecule has 0 bridgehead atoms. The lowest BCUT2D eigenvalue weighted by molar-refractivity contribution is 0.172. The normalized spacial score (nSPS) is 26.5. The van der Waals surface area contributed by atoms with Crippen molar-refractivity contribution >= 4 is 0 Å². The summed E-state index contributed by atoms with van der Waals surface area (Å²) in [5.74, 6) is -1.41. The van der Waals surface area contributed by atoms with Crippen LogP contribution in [0.2, 0.25) is 0 Å². The Morgan fingerprint density at radius 3 is 2.40 bits per heavy atom. The Morgan fingerprint density at radius 1 is 1.30 bits per heavy atom. The van der Waals surface area contributed by atoms with Crippen LogP contribution in [0.4, 0.5) is 0 Å². The number of rotatable bonds is 0. The minimum atomic E-state index is -0.907. The van der Waals surface area contributed by atoms with E-state index in [0.717, 1.165) is 6.08 Å². The summed E-state index contributed by atoms with van der Waals surface area (Å²) in [6.45, 7) is 0. The predicted octanol–water partition coefficient (Wildman–Crippen LogP) is 0.520. The van der Waals surface area contributed by atoms with Gasteiger partial charge in [-0.25, -0.2) is 0 Å². The smallest absolute Gasteiger partial charge is 0.195 e. The largest absolute Gasteiger partial charge is 0.508 e. The van der Waals surface area contributed by atoms with Gasteiger partial charge in [0.25, 0.3) is 0 Å². The van der Waals surface area contributed by atoms with Crippen LogP contribution in [-0.2, 0) is 0 Å². The third-order valence-electron chi connectivity index (χ3n) is 1.27. The SMILES string of the molecule is OC1=CC(O)CC(O)=C1O.